The van der Waals surface area contributed by atoms with Crippen LogP contribution in [0.4, 0.5) is 5.69 Å². The lowest BCUT2D eigenvalue weighted by Crippen LogP contribution is -2.12. The van der Waals surface area contributed by atoms with Crippen molar-refractivity contribution in [3.05, 3.63) is 59.4 Å². The van der Waals surface area contributed by atoms with Crippen LogP contribution in [0.3, 0.4) is 0 Å². The van der Waals surface area contributed by atoms with E-state index in [1.807, 2.05) is 60.8 Å². The SMILES string of the molecule is COc1ccc2oc(C(=O)Nc3cccc(C4SCCS4)c3)c(C)c2c1. The first kappa shape index (κ1) is 17.4. The van der Waals surface area contributed by atoms with Crippen molar-refractivity contribution in [2.75, 3.05) is 23.9 Å². The summed E-state index contributed by atoms with van der Waals surface area (Å²) in [6.07, 6.45) is 0. The number of hydrogen-bond acceptors (Lipinski definition) is 5. The van der Waals surface area contributed by atoms with Crippen LogP contribution in [0.1, 0.15) is 26.3 Å². The van der Waals surface area contributed by atoms with E-state index < -0.39 is 0 Å². The van der Waals surface area contributed by atoms with E-state index in [9.17, 15) is 4.79 Å². The average Bonchev–Trinajstić information content (AvgIpc) is 3.30. The van der Waals surface area contributed by atoms with Crippen LogP contribution in [0.15, 0.2) is 46.9 Å². The van der Waals surface area contributed by atoms with E-state index in [0.29, 0.717) is 15.9 Å². The van der Waals surface area contributed by atoms with Gasteiger partial charge in [0.1, 0.15) is 11.3 Å². The van der Waals surface area contributed by atoms with E-state index in [4.69, 9.17) is 9.15 Å². The summed E-state index contributed by atoms with van der Waals surface area (Å²) in [4.78, 5) is 12.7. The molecule has 1 amide bonds. The normalized spacial score (nSPS) is 14.7. The standard InChI is InChI=1S/C20H19NO3S2/c1-12-16-11-15(23-2)6-7-17(16)24-18(12)19(22)21-14-5-3-4-13(10-14)20-25-8-9-26-20/h3-7,10-11,20H,8-9H2,1-2H3,(H,21,22). The van der Waals surface area contributed by atoms with Crippen molar-refractivity contribution in [3.8, 4) is 5.75 Å². The number of nitrogens with one attached hydrogen (secondary N) is 1. The Morgan fingerprint density at radius 2 is 2.00 bits per heavy atom. The molecule has 26 heavy (non-hydrogen) atoms. The van der Waals surface area contributed by atoms with E-state index in [1.54, 1.807) is 7.11 Å². The second-order valence-corrected chi connectivity index (χ2v) is 8.80. The summed E-state index contributed by atoms with van der Waals surface area (Å²) in [5, 5.41) is 3.86. The molecule has 1 N–H and O–H groups in total. The van der Waals surface area contributed by atoms with E-state index in [-0.39, 0.29) is 5.91 Å². The number of carbonyl (C=O) groups is 1. The Morgan fingerprint density at radius 1 is 1.19 bits per heavy atom. The zero-order chi connectivity index (χ0) is 18.1. The van der Waals surface area contributed by atoms with E-state index >= 15 is 0 Å². The van der Waals surface area contributed by atoms with Gasteiger partial charge >= 0.3 is 0 Å². The van der Waals surface area contributed by atoms with Gasteiger partial charge in [0, 0.05) is 28.1 Å². The summed E-state index contributed by atoms with van der Waals surface area (Å²) in [6.45, 7) is 1.89. The summed E-state index contributed by atoms with van der Waals surface area (Å²) in [5.74, 6) is 3.19. The van der Waals surface area contributed by atoms with Crippen LogP contribution in [0.25, 0.3) is 11.0 Å². The molecule has 1 aliphatic rings. The quantitative estimate of drug-likeness (QED) is 0.644. The fraction of sp³-hybridized carbons (Fsp3) is 0.250. The van der Waals surface area contributed by atoms with E-state index in [2.05, 4.69) is 17.4 Å². The van der Waals surface area contributed by atoms with Gasteiger partial charge in [0.15, 0.2) is 5.76 Å². The van der Waals surface area contributed by atoms with Gasteiger partial charge < -0.3 is 14.5 Å². The van der Waals surface area contributed by atoms with E-state index in [0.717, 1.165) is 22.4 Å². The van der Waals surface area contributed by atoms with Gasteiger partial charge in [-0.2, -0.15) is 0 Å². The molecule has 1 fully saturated rings. The molecule has 134 valence electrons. The third-order valence-electron chi connectivity index (χ3n) is 4.39. The van der Waals surface area contributed by atoms with Crippen molar-refractivity contribution >= 4 is 46.1 Å². The number of hydrogen-bond donors (Lipinski definition) is 1. The molecule has 4 rings (SSSR count). The van der Waals surface area contributed by atoms with E-state index in [1.165, 1.54) is 17.1 Å². The lowest BCUT2D eigenvalue weighted by molar-refractivity contribution is 0.0998. The van der Waals surface area contributed by atoms with Gasteiger partial charge in [0.25, 0.3) is 5.91 Å². The molecule has 4 nitrogen and oxygen atoms in total. The number of amides is 1. The Kier molecular flexibility index (Phi) is 4.87. The summed E-state index contributed by atoms with van der Waals surface area (Å²) < 4.78 is 11.5. The molecule has 0 radical (unpaired) electrons. The molecule has 0 saturated carbocycles. The van der Waals surface area contributed by atoms with Gasteiger partial charge in [-0.1, -0.05) is 12.1 Å². The molecular formula is C20H19NO3S2. The van der Waals surface area contributed by atoms with Crippen LogP contribution in [-0.4, -0.2) is 24.5 Å². The summed E-state index contributed by atoms with van der Waals surface area (Å²) in [6, 6.07) is 13.6. The van der Waals surface area contributed by atoms with Crippen molar-refractivity contribution in [1.82, 2.24) is 0 Å². The maximum atomic E-state index is 12.7. The molecule has 1 aliphatic heterocycles. The summed E-state index contributed by atoms with van der Waals surface area (Å²) in [5.41, 5.74) is 3.52. The van der Waals surface area contributed by atoms with Crippen molar-refractivity contribution in [2.24, 2.45) is 0 Å². The van der Waals surface area contributed by atoms with Gasteiger partial charge in [-0.05, 0) is 42.8 Å². The molecular weight excluding hydrogens is 366 g/mol. The molecule has 2 heterocycles. The van der Waals surface area contributed by atoms with Crippen molar-refractivity contribution in [1.29, 1.82) is 0 Å². The number of anilines is 1. The Hall–Kier alpha value is -2.05. The number of furan rings is 1. The number of fused-ring (bicyclic) bond motifs is 1. The summed E-state index contributed by atoms with van der Waals surface area (Å²) >= 11 is 3.90. The van der Waals surface area contributed by atoms with Crippen LogP contribution in [-0.2, 0) is 0 Å². The minimum Gasteiger partial charge on any atom is -0.497 e. The van der Waals surface area contributed by atoms with Gasteiger partial charge in [0.2, 0.25) is 0 Å². The Bertz CT molecular complexity index is 961. The molecule has 3 aromatic rings. The first-order valence-electron chi connectivity index (χ1n) is 8.37. The average molecular weight is 386 g/mol. The molecule has 0 unspecified atom stereocenters. The third kappa shape index (κ3) is 3.31. The lowest BCUT2D eigenvalue weighted by atomic mass is 10.1. The van der Waals surface area contributed by atoms with Crippen molar-refractivity contribution < 1.29 is 13.9 Å². The first-order chi connectivity index (χ1) is 12.7. The third-order valence-corrected chi connectivity index (χ3v) is 7.49. The lowest BCUT2D eigenvalue weighted by Gasteiger charge is -2.10. The molecule has 6 heteroatoms. The van der Waals surface area contributed by atoms with Crippen LogP contribution >= 0.6 is 23.5 Å². The molecule has 1 saturated heterocycles. The number of thioether (sulfide) groups is 2. The van der Waals surface area contributed by atoms with Crippen molar-refractivity contribution in [3.63, 3.8) is 0 Å². The molecule has 0 spiro atoms. The molecule has 0 aliphatic carbocycles. The zero-order valence-electron chi connectivity index (χ0n) is 14.6. The van der Waals surface area contributed by atoms with Crippen LogP contribution in [0.5, 0.6) is 5.75 Å². The second-order valence-electron chi connectivity index (χ2n) is 6.07. The van der Waals surface area contributed by atoms with Crippen LogP contribution in [0.2, 0.25) is 0 Å². The fourth-order valence-corrected chi connectivity index (χ4v) is 5.88. The molecule has 0 atom stereocenters. The molecule has 1 aromatic heterocycles. The number of carbonyl (C=O) groups excluding carboxylic acids is 1. The predicted molar refractivity (Wildman–Crippen MR) is 110 cm³/mol. The number of aryl methyl sites for hydroxylation is 1. The largest absolute Gasteiger partial charge is 0.497 e. The summed E-state index contributed by atoms with van der Waals surface area (Å²) in [7, 11) is 1.62. The maximum Gasteiger partial charge on any atom is 0.291 e. The Labute approximate surface area is 160 Å². The van der Waals surface area contributed by atoms with Gasteiger partial charge in [0.05, 0.1) is 11.7 Å². The highest BCUT2D eigenvalue weighted by molar-refractivity contribution is 8.19. The minimum atomic E-state index is -0.235. The number of ether oxygens (including phenoxy) is 1. The zero-order valence-corrected chi connectivity index (χ0v) is 16.2. The van der Waals surface area contributed by atoms with Gasteiger partial charge in [-0.3, -0.25) is 4.79 Å². The monoisotopic (exact) mass is 385 g/mol. The Morgan fingerprint density at radius 3 is 2.77 bits per heavy atom. The van der Waals surface area contributed by atoms with Crippen LogP contribution in [0, 0.1) is 6.92 Å². The Balaban J connectivity index is 1.59. The first-order valence-corrected chi connectivity index (χ1v) is 10.5. The highest BCUT2D eigenvalue weighted by Gasteiger charge is 2.20. The maximum absolute atomic E-state index is 12.7. The number of methoxy groups -OCH3 is 1. The topological polar surface area (TPSA) is 51.5 Å². The predicted octanol–water partition coefficient (Wildman–Crippen LogP) is 5.48. The van der Waals surface area contributed by atoms with Crippen molar-refractivity contribution in [2.45, 2.75) is 11.5 Å². The highest BCUT2D eigenvalue weighted by Crippen LogP contribution is 2.45. The second kappa shape index (κ2) is 7.29. The fourth-order valence-electron chi connectivity index (χ4n) is 3.05. The number of rotatable bonds is 4. The molecule has 0 bridgehead atoms. The van der Waals surface area contributed by atoms with Gasteiger partial charge in [-0.25, -0.2) is 0 Å². The number of benzene rings is 2. The highest BCUT2D eigenvalue weighted by atomic mass is 32.2. The minimum absolute atomic E-state index is 0.235. The smallest absolute Gasteiger partial charge is 0.291 e. The molecule has 2 aromatic carbocycles. The van der Waals surface area contributed by atoms with Gasteiger partial charge in [-0.15, -0.1) is 23.5 Å². The van der Waals surface area contributed by atoms with Crippen LogP contribution < -0.4 is 10.1 Å².